The van der Waals surface area contributed by atoms with Gasteiger partial charge in [-0.25, -0.2) is 4.79 Å². The number of carbonyl (C=O) groups is 1. The molecule has 35 heavy (non-hydrogen) atoms. The standard InChI is InChI=1S/C25H29F3N4O3/c1-15-16(6-7-20-22(15)35-23(34)31-20)11-18(32(2)3)14-30-21(33)12-19(17-5-4-10-29-13-17)24(8-9-24)25(26,27)28/h4-7,10,13,18-19H,8-9,11-12,14H2,1-3H3,(H,30,33)(H,31,34)/t18-,19+/m0/s1. The number of alkyl halides is 3. The van der Waals surface area contributed by atoms with Gasteiger partial charge in [-0.15, -0.1) is 0 Å². The first-order chi connectivity index (χ1) is 16.5. The van der Waals surface area contributed by atoms with Crippen LogP contribution in [0.15, 0.2) is 45.9 Å². The summed E-state index contributed by atoms with van der Waals surface area (Å²) in [5, 5.41) is 2.85. The number of likely N-dealkylation sites (N-methyl/N-ethyl adjacent to an activating group) is 1. The first-order valence-corrected chi connectivity index (χ1v) is 11.5. The highest BCUT2D eigenvalue weighted by molar-refractivity contribution is 5.78. The van der Waals surface area contributed by atoms with Crippen molar-refractivity contribution >= 4 is 17.0 Å². The molecule has 2 heterocycles. The minimum absolute atomic E-state index is 0.0146. The van der Waals surface area contributed by atoms with Gasteiger partial charge in [0.05, 0.1) is 10.9 Å². The van der Waals surface area contributed by atoms with Crippen LogP contribution < -0.4 is 11.1 Å². The van der Waals surface area contributed by atoms with E-state index in [2.05, 4.69) is 15.3 Å². The number of halogens is 3. The van der Waals surface area contributed by atoms with Crippen LogP contribution in [0.5, 0.6) is 0 Å². The normalized spacial score (nSPS) is 16.9. The maximum atomic E-state index is 13.9. The highest BCUT2D eigenvalue weighted by atomic mass is 19.4. The lowest BCUT2D eigenvalue weighted by atomic mass is 9.80. The largest absolute Gasteiger partial charge is 0.417 e. The van der Waals surface area contributed by atoms with Crippen molar-refractivity contribution in [3.05, 3.63) is 63.9 Å². The second-order valence-corrected chi connectivity index (χ2v) is 9.56. The number of hydrogen-bond acceptors (Lipinski definition) is 5. The SMILES string of the molecule is Cc1c(C[C@@H](CNC(=O)C[C@H](c2cccnc2)C2(C(F)(F)F)CC2)N(C)C)ccc2[nH]c(=O)oc12. The van der Waals surface area contributed by atoms with Gasteiger partial charge in [-0.3, -0.25) is 14.8 Å². The predicted octanol–water partition coefficient (Wildman–Crippen LogP) is 3.93. The number of fused-ring (bicyclic) bond motifs is 1. The molecule has 1 aromatic carbocycles. The molecule has 1 aliphatic carbocycles. The third-order valence-corrected chi connectivity index (χ3v) is 7.17. The molecule has 1 amide bonds. The number of carbonyl (C=O) groups excluding carboxylic acids is 1. The average Bonchev–Trinajstić information content (AvgIpc) is 3.53. The molecule has 0 aliphatic heterocycles. The molecule has 0 radical (unpaired) electrons. The van der Waals surface area contributed by atoms with Crippen LogP contribution >= 0.6 is 0 Å². The number of hydrogen-bond donors (Lipinski definition) is 2. The third kappa shape index (κ3) is 5.12. The lowest BCUT2D eigenvalue weighted by Gasteiger charge is -2.30. The number of nitrogens with zero attached hydrogens (tertiary/aromatic N) is 2. The topological polar surface area (TPSA) is 91.2 Å². The van der Waals surface area contributed by atoms with Gasteiger partial charge in [0, 0.05) is 37.3 Å². The fourth-order valence-electron chi connectivity index (χ4n) is 4.77. The summed E-state index contributed by atoms with van der Waals surface area (Å²) in [4.78, 5) is 33.0. The van der Waals surface area contributed by atoms with Crippen LogP contribution in [0, 0.1) is 12.3 Å². The molecule has 3 aromatic rings. The lowest BCUT2D eigenvalue weighted by Crippen LogP contribution is -2.43. The van der Waals surface area contributed by atoms with Gasteiger partial charge in [-0.2, -0.15) is 13.2 Å². The van der Waals surface area contributed by atoms with Crippen molar-refractivity contribution in [1.82, 2.24) is 20.2 Å². The van der Waals surface area contributed by atoms with E-state index >= 15 is 0 Å². The van der Waals surface area contributed by atoms with Crippen molar-refractivity contribution in [2.75, 3.05) is 20.6 Å². The van der Waals surface area contributed by atoms with Crippen LogP contribution in [-0.2, 0) is 11.2 Å². The van der Waals surface area contributed by atoms with E-state index in [0.717, 1.165) is 11.1 Å². The second kappa shape index (κ2) is 9.49. The monoisotopic (exact) mass is 490 g/mol. The van der Waals surface area contributed by atoms with Crippen LogP contribution in [-0.4, -0.2) is 53.6 Å². The first kappa shape index (κ1) is 25.0. The number of aromatic amines is 1. The fraction of sp³-hybridized carbons (Fsp3) is 0.480. The molecule has 1 saturated carbocycles. The van der Waals surface area contributed by atoms with Crippen LogP contribution in [0.3, 0.4) is 0 Å². The highest BCUT2D eigenvalue weighted by Crippen LogP contribution is 2.66. The van der Waals surface area contributed by atoms with Gasteiger partial charge in [0.25, 0.3) is 0 Å². The van der Waals surface area contributed by atoms with Crippen molar-refractivity contribution in [3.8, 4) is 0 Å². The Labute approximate surface area is 200 Å². The number of oxazole rings is 1. The summed E-state index contributed by atoms with van der Waals surface area (Å²) < 4.78 is 47.0. The number of aryl methyl sites for hydroxylation is 1. The van der Waals surface area contributed by atoms with Gasteiger partial charge in [0.2, 0.25) is 5.91 Å². The molecule has 2 aromatic heterocycles. The smallest absolute Gasteiger partial charge is 0.408 e. The molecule has 0 saturated heterocycles. The Kier molecular flexibility index (Phi) is 6.77. The Morgan fingerprint density at radius 3 is 2.63 bits per heavy atom. The summed E-state index contributed by atoms with van der Waals surface area (Å²) >= 11 is 0. The van der Waals surface area contributed by atoms with Gasteiger partial charge < -0.3 is 14.6 Å². The molecule has 4 rings (SSSR count). The fourth-order valence-corrected chi connectivity index (χ4v) is 4.77. The van der Waals surface area contributed by atoms with Crippen molar-refractivity contribution in [2.24, 2.45) is 5.41 Å². The molecule has 2 atom stereocenters. The second-order valence-electron chi connectivity index (χ2n) is 9.56. The molecule has 2 N–H and O–H groups in total. The predicted molar refractivity (Wildman–Crippen MR) is 125 cm³/mol. The maximum absolute atomic E-state index is 13.9. The summed E-state index contributed by atoms with van der Waals surface area (Å²) in [7, 11) is 3.75. The third-order valence-electron chi connectivity index (χ3n) is 7.17. The Balaban J connectivity index is 1.46. The van der Waals surface area contributed by atoms with Crippen LogP contribution in [0.25, 0.3) is 11.1 Å². The molecular formula is C25H29F3N4O3. The highest BCUT2D eigenvalue weighted by Gasteiger charge is 2.67. The number of amides is 1. The summed E-state index contributed by atoms with van der Waals surface area (Å²) in [6, 6.07) is 6.77. The van der Waals surface area contributed by atoms with E-state index in [1.165, 1.54) is 12.4 Å². The summed E-state index contributed by atoms with van der Waals surface area (Å²) in [5.74, 6) is -1.92. The van der Waals surface area contributed by atoms with Gasteiger partial charge in [-0.1, -0.05) is 12.1 Å². The molecule has 188 valence electrons. The lowest BCUT2D eigenvalue weighted by molar-refractivity contribution is -0.194. The Morgan fingerprint density at radius 1 is 1.29 bits per heavy atom. The first-order valence-electron chi connectivity index (χ1n) is 11.5. The molecule has 0 spiro atoms. The molecule has 7 nitrogen and oxygen atoms in total. The number of H-pyrrole nitrogens is 1. The van der Waals surface area contributed by atoms with E-state index in [-0.39, 0.29) is 31.8 Å². The molecule has 10 heteroatoms. The average molecular weight is 491 g/mol. The summed E-state index contributed by atoms with van der Waals surface area (Å²) in [6.07, 6.45) is -1.13. The van der Waals surface area contributed by atoms with Crippen LogP contribution in [0.4, 0.5) is 13.2 Å². The molecule has 0 unspecified atom stereocenters. The van der Waals surface area contributed by atoms with Gasteiger partial charge >= 0.3 is 11.9 Å². The minimum atomic E-state index is -4.39. The van der Waals surface area contributed by atoms with Crippen LogP contribution in [0.1, 0.15) is 41.9 Å². The summed E-state index contributed by atoms with van der Waals surface area (Å²) in [6.45, 7) is 2.13. The number of aromatic nitrogens is 2. The number of pyridine rings is 1. The van der Waals surface area contributed by atoms with Crippen molar-refractivity contribution in [2.45, 2.75) is 50.7 Å². The van der Waals surface area contributed by atoms with E-state index in [4.69, 9.17) is 4.42 Å². The number of nitrogens with one attached hydrogen (secondary N) is 2. The van der Waals surface area contributed by atoms with E-state index in [1.807, 2.05) is 32.0 Å². The molecule has 0 bridgehead atoms. The number of benzene rings is 1. The zero-order valence-electron chi connectivity index (χ0n) is 19.9. The molecule has 1 fully saturated rings. The van der Waals surface area contributed by atoms with Crippen molar-refractivity contribution in [1.29, 1.82) is 0 Å². The van der Waals surface area contributed by atoms with Gasteiger partial charge in [0.1, 0.15) is 0 Å². The van der Waals surface area contributed by atoms with E-state index in [9.17, 15) is 22.8 Å². The quantitative estimate of drug-likeness (QED) is 0.474. The van der Waals surface area contributed by atoms with Crippen molar-refractivity contribution in [3.63, 3.8) is 0 Å². The Hall–Kier alpha value is -3.14. The van der Waals surface area contributed by atoms with Crippen LogP contribution in [0.2, 0.25) is 0 Å². The molecule has 1 aliphatic rings. The number of rotatable bonds is 9. The van der Waals surface area contributed by atoms with E-state index in [0.29, 0.717) is 23.1 Å². The van der Waals surface area contributed by atoms with Gasteiger partial charge in [0.15, 0.2) is 5.58 Å². The maximum Gasteiger partial charge on any atom is 0.417 e. The molecular weight excluding hydrogens is 461 g/mol. The minimum Gasteiger partial charge on any atom is -0.408 e. The van der Waals surface area contributed by atoms with Gasteiger partial charge in [-0.05, 0) is 69.1 Å². The Bertz CT molecular complexity index is 1250. The zero-order valence-corrected chi connectivity index (χ0v) is 19.9. The Morgan fingerprint density at radius 2 is 2.03 bits per heavy atom. The summed E-state index contributed by atoms with van der Waals surface area (Å²) in [5.41, 5.74) is 1.45. The van der Waals surface area contributed by atoms with E-state index < -0.39 is 29.2 Å². The zero-order chi connectivity index (χ0) is 25.4. The van der Waals surface area contributed by atoms with Crippen molar-refractivity contribution < 1.29 is 22.4 Å². The van der Waals surface area contributed by atoms with E-state index in [1.54, 1.807) is 18.2 Å².